The first-order chi connectivity index (χ1) is 35.3. The SMILES string of the molecule is c1ccc(-c2ccccc2Cc2ccc(-n3c4ccccc4c4ccccc43)cc2)cc1.c1ccc(B2c3ccccc3-c3ccccc3N2c2ccc(-n3c4ccccc4c4ccccc43)cc2)cc1. The molecule has 2 aromatic heterocycles. The van der Waals surface area contributed by atoms with Gasteiger partial charge in [0.2, 0.25) is 0 Å². The van der Waals surface area contributed by atoms with Gasteiger partial charge in [-0.05, 0) is 106 Å². The quantitative estimate of drug-likeness (QED) is 0.145. The van der Waals surface area contributed by atoms with E-state index < -0.39 is 0 Å². The van der Waals surface area contributed by atoms with Gasteiger partial charge in [0.05, 0.1) is 22.1 Å². The zero-order valence-corrected chi connectivity index (χ0v) is 39.2. The van der Waals surface area contributed by atoms with Gasteiger partial charge in [-0.1, -0.05) is 218 Å². The highest BCUT2D eigenvalue weighted by molar-refractivity contribution is 6.90. The Morgan fingerprint density at radius 1 is 0.296 bits per heavy atom. The fourth-order valence-corrected chi connectivity index (χ4v) is 11.1. The van der Waals surface area contributed by atoms with Crippen LogP contribution in [0.2, 0.25) is 0 Å². The Hall–Kier alpha value is -9.12. The molecule has 13 aromatic rings. The molecule has 0 radical (unpaired) electrons. The summed E-state index contributed by atoms with van der Waals surface area (Å²) in [5.41, 5.74) is 20.1. The molecule has 1 aliphatic rings. The van der Waals surface area contributed by atoms with Gasteiger partial charge in [-0.15, -0.1) is 0 Å². The van der Waals surface area contributed by atoms with Crippen LogP contribution in [0.15, 0.2) is 279 Å². The smallest absolute Gasteiger partial charge is 0.328 e. The molecule has 0 saturated heterocycles. The van der Waals surface area contributed by atoms with Crippen LogP contribution < -0.4 is 15.7 Å². The topological polar surface area (TPSA) is 13.1 Å². The van der Waals surface area contributed by atoms with E-state index in [0.717, 1.165) is 12.1 Å². The Kier molecular flexibility index (Phi) is 10.7. The van der Waals surface area contributed by atoms with Gasteiger partial charge in [-0.3, -0.25) is 0 Å². The largest absolute Gasteiger partial charge is 0.376 e. The van der Waals surface area contributed by atoms with Gasteiger partial charge >= 0.3 is 6.85 Å². The average Bonchev–Trinajstić information content (AvgIpc) is 3.97. The average molecular weight is 906 g/mol. The molecule has 11 aromatic carbocycles. The Balaban J connectivity index is 0.000000141. The highest BCUT2D eigenvalue weighted by atomic mass is 15.1. The van der Waals surface area contributed by atoms with Crippen LogP contribution in [0.1, 0.15) is 11.1 Å². The number of hydrogen-bond donors (Lipinski definition) is 0. The van der Waals surface area contributed by atoms with Gasteiger partial charge in [0.1, 0.15) is 0 Å². The lowest BCUT2D eigenvalue weighted by Crippen LogP contribution is -2.57. The third kappa shape index (κ3) is 7.49. The van der Waals surface area contributed by atoms with Crippen molar-refractivity contribution in [1.82, 2.24) is 9.13 Å². The van der Waals surface area contributed by atoms with Crippen molar-refractivity contribution in [3.63, 3.8) is 0 Å². The van der Waals surface area contributed by atoms with Crippen LogP contribution in [0.25, 0.3) is 77.2 Å². The Bertz CT molecular complexity index is 3910. The Labute approximate surface area is 414 Å². The number of hydrogen-bond acceptors (Lipinski definition) is 1. The number of benzene rings is 11. The van der Waals surface area contributed by atoms with E-state index in [1.807, 2.05) is 0 Å². The Morgan fingerprint density at radius 2 is 0.704 bits per heavy atom. The van der Waals surface area contributed by atoms with Crippen LogP contribution in [0.4, 0.5) is 11.4 Å². The molecule has 14 rings (SSSR count). The van der Waals surface area contributed by atoms with E-state index in [1.165, 1.54) is 105 Å². The van der Waals surface area contributed by atoms with E-state index in [2.05, 4.69) is 293 Å². The minimum absolute atomic E-state index is 0.0800. The van der Waals surface area contributed by atoms with Gasteiger partial charge in [0, 0.05) is 49.9 Å². The second kappa shape index (κ2) is 18.1. The van der Waals surface area contributed by atoms with Crippen molar-refractivity contribution in [1.29, 1.82) is 0 Å². The number of rotatable bonds is 7. The summed E-state index contributed by atoms with van der Waals surface area (Å²) in [6.45, 7) is 0.0800. The second-order valence-corrected chi connectivity index (χ2v) is 18.4. The van der Waals surface area contributed by atoms with Gasteiger partial charge in [-0.25, -0.2) is 0 Å². The molecule has 3 heterocycles. The maximum Gasteiger partial charge on any atom is 0.328 e. The van der Waals surface area contributed by atoms with Gasteiger partial charge < -0.3 is 13.9 Å². The van der Waals surface area contributed by atoms with E-state index >= 15 is 0 Å². The van der Waals surface area contributed by atoms with Crippen LogP contribution >= 0.6 is 0 Å². The first kappa shape index (κ1) is 42.0. The predicted molar refractivity (Wildman–Crippen MR) is 302 cm³/mol. The third-order valence-corrected chi connectivity index (χ3v) is 14.3. The van der Waals surface area contributed by atoms with Crippen molar-refractivity contribution >= 4 is 72.8 Å². The lowest BCUT2D eigenvalue weighted by Gasteiger charge is -2.39. The first-order valence-electron chi connectivity index (χ1n) is 24.6. The van der Waals surface area contributed by atoms with Crippen LogP contribution in [-0.4, -0.2) is 16.0 Å². The zero-order chi connectivity index (χ0) is 47.1. The summed E-state index contributed by atoms with van der Waals surface area (Å²) in [5.74, 6) is 0. The number of anilines is 2. The van der Waals surface area contributed by atoms with Crippen LogP contribution in [-0.2, 0) is 6.42 Å². The lowest BCUT2D eigenvalue weighted by molar-refractivity contribution is 1.15. The monoisotopic (exact) mass is 905 g/mol. The predicted octanol–water partition coefficient (Wildman–Crippen LogP) is 15.7. The molecule has 334 valence electrons. The minimum Gasteiger partial charge on any atom is -0.376 e. The van der Waals surface area contributed by atoms with Crippen LogP contribution in [0.3, 0.4) is 0 Å². The highest BCUT2D eigenvalue weighted by Gasteiger charge is 2.36. The molecule has 4 heteroatoms. The summed E-state index contributed by atoms with van der Waals surface area (Å²) in [4.78, 5) is 2.50. The summed E-state index contributed by atoms with van der Waals surface area (Å²) in [5, 5.41) is 5.15. The van der Waals surface area contributed by atoms with Crippen molar-refractivity contribution in [2.75, 3.05) is 4.81 Å². The molecule has 0 saturated carbocycles. The summed E-state index contributed by atoms with van der Waals surface area (Å²) in [6.07, 6.45) is 0.915. The molecule has 0 bridgehead atoms. The zero-order valence-electron chi connectivity index (χ0n) is 39.2. The van der Waals surface area contributed by atoms with Gasteiger partial charge in [0.15, 0.2) is 0 Å². The van der Waals surface area contributed by atoms with Crippen molar-refractivity contribution in [2.24, 2.45) is 0 Å². The van der Waals surface area contributed by atoms with Gasteiger partial charge in [-0.2, -0.15) is 0 Å². The van der Waals surface area contributed by atoms with Crippen molar-refractivity contribution < 1.29 is 0 Å². The molecule has 0 fully saturated rings. The highest BCUT2D eigenvalue weighted by Crippen LogP contribution is 2.41. The molecule has 3 nitrogen and oxygen atoms in total. The lowest BCUT2D eigenvalue weighted by atomic mass is 9.46. The number of para-hydroxylation sites is 5. The third-order valence-electron chi connectivity index (χ3n) is 14.3. The summed E-state index contributed by atoms with van der Waals surface area (Å²) < 4.78 is 4.74. The van der Waals surface area contributed by atoms with E-state index in [-0.39, 0.29) is 6.85 Å². The molecule has 0 atom stereocenters. The Morgan fingerprint density at radius 3 is 1.27 bits per heavy atom. The van der Waals surface area contributed by atoms with Gasteiger partial charge in [0.25, 0.3) is 0 Å². The maximum absolute atomic E-state index is 2.50. The van der Waals surface area contributed by atoms with Crippen LogP contribution in [0, 0.1) is 0 Å². The molecule has 71 heavy (non-hydrogen) atoms. The maximum atomic E-state index is 2.50. The fourth-order valence-electron chi connectivity index (χ4n) is 11.1. The van der Waals surface area contributed by atoms with E-state index in [4.69, 9.17) is 0 Å². The van der Waals surface area contributed by atoms with Crippen LogP contribution in [0.5, 0.6) is 0 Å². The molecular formula is C67H48BN3. The van der Waals surface area contributed by atoms with Crippen molar-refractivity contribution in [3.8, 4) is 33.6 Å². The molecular weight excluding hydrogens is 858 g/mol. The number of fused-ring (bicyclic) bond motifs is 9. The van der Waals surface area contributed by atoms with E-state index in [9.17, 15) is 0 Å². The molecule has 0 amide bonds. The fraction of sp³-hybridized carbons (Fsp3) is 0.0149. The van der Waals surface area contributed by atoms with E-state index in [0.29, 0.717) is 0 Å². The van der Waals surface area contributed by atoms with Crippen molar-refractivity contribution in [3.05, 3.63) is 290 Å². The molecule has 0 unspecified atom stereocenters. The summed E-state index contributed by atoms with van der Waals surface area (Å²) >= 11 is 0. The molecule has 1 aliphatic heterocycles. The van der Waals surface area contributed by atoms with Crippen molar-refractivity contribution in [2.45, 2.75) is 6.42 Å². The normalized spacial score (nSPS) is 11.9. The number of aromatic nitrogens is 2. The standard InChI is InChI=1S/C36H25BN2.C31H23N/c1-2-12-26(13-3-1)37-33-18-8-4-14-29(33)30-15-7-11-21-36(30)39(37)28-24-22-27(23-25-28)38-34-19-9-5-16-31(34)32-17-6-10-20-35(32)38;1-2-10-24(11-3-1)27-13-5-4-12-25(27)22-23-18-20-26(21-19-23)32-30-16-8-6-14-28(30)29-15-7-9-17-31(29)32/h1-25H;1-21H,22H2. The molecule has 0 spiro atoms. The molecule has 0 aliphatic carbocycles. The number of nitrogens with zero attached hydrogens (tertiary/aromatic N) is 3. The first-order valence-corrected chi connectivity index (χ1v) is 24.6. The summed E-state index contributed by atoms with van der Waals surface area (Å²) in [7, 11) is 0. The van der Waals surface area contributed by atoms with E-state index in [1.54, 1.807) is 0 Å². The molecule has 0 N–H and O–H groups in total. The summed E-state index contributed by atoms with van der Waals surface area (Å²) in [6, 6.07) is 101. The minimum atomic E-state index is 0.0800. The second-order valence-electron chi connectivity index (χ2n) is 18.4.